The summed E-state index contributed by atoms with van der Waals surface area (Å²) in [5, 5.41) is 15.3. The van der Waals surface area contributed by atoms with Gasteiger partial charge in [-0.3, -0.25) is 16.1 Å². The molecule has 0 amide bonds. The van der Waals surface area contributed by atoms with Crippen LogP contribution in [-0.2, 0) is 0 Å². The Morgan fingerprint density at radius 3 is 3.00 bits per heavy atom. The first-order valence-electron chi connectivity index (χ1n) is 2.90. The molecule has 0 spiro atoms. The van der Waals surface area contributed by atoms with Crippen LogP contribution in [0.1, 0.15) is 5.56 Å². The van der Waals surface area contributed by atoms with E-state index in [2.05, 4.69) is 6.07 Å². The highest BCUT2D eigenvalue weighted by atomic mass is 19.1. The second-order valence-corrected chi connectivity index (χ2v) is 1.91. The molecule has 0 aliphatic heterocycles. The van der Waals surface area contributed by atoms with Crippen LogP contribution < -0.4 is 5.48 Å². The minimum absolute atomic E-state index is 0.238. The molecule has 0 aromatic heterocycles. The molecule has 0 bridgehead atoms. The average molecular weight is 153 g/mol. The number of hydroxylamine groups is 1. The lowest BCUT2D eigenvalue weighted by atomic mass is 10.2. The van der Waals surface area contributed by atoms with E-state index in [0.29, 0.717) is 0 Å². The fraction of sp³-hybridized carbons (Fsp3) is 0. The molecule has 3 N–H and O–H groups in total. The number of hydrogen-bond donors (Lipinski definition) is 3. The number of halogens is 1. The van der Waals surface area contributed by atoms with Crippen molar-refractivity contribution >= 4 is 5.84 Å². The van der Waals surface area contributed by atoms with Crippen molar-refractivity contribution in [3.8, 4) is 0 Å². The van der Waals surface area contributed by atoms with Gasteiger partial charge in [0.25, 0.3) is 0 Å². The van der Waals surface area contributed by atoms with Crippen molar-refractivity contribution in [2.45, 2.75) is 0 Å². The van der Waals surface area contributed by atoms with Crippen LogP contribution in [0.25, 0.3) is 0 Å². The van der Waals surface area contributed by atoms with Gasteiger partial charge in [-0.2, -0.15) is 0 Å². The Balaban J connectivity index is 2.96. The topological polar surface area (TPSA) is 56.1 Å². The zero-order valence-corrected chi connectivity index (χ0v) is 5.56. The quantitative estimate of drug-likeness (QED) is 0.319. The summed E-state index contributed by atoms with van der Waals surface area (Å²) >= 11 is 0. The first-order chi connectivity index (χ1) is 5.24. The van der Waals surface area contributed by atoms with Gasteiger partial charge < -0.3 is 0 Å². The summed E-state index contributed by atoms with van der Waals surface area (Å²) in [5.74, 6) is -0.791. The number of hydrogen-bond acceptors (Lipinski definition) is 2. The van der Waals surface area contributed by atoms with E-state index in [1.165, 1.54) is 12.1 Å². The molecule has 0 saturated heterocycles. The summed E-state index contributed by atoms with van der Waals surface area (Å²) in [5.41, 5.74) is 1.89. The molecule has 1 aromatic rings. The fourth-order valence-corrected chi connectivity index (χ4v) is 0.657. The number of nitrogens with one attached hydrogen (secondary N) is 2. The first kappa shape index (κ1) is 7.68. The van der Waals surface area contributed by atoms with Gasteiger partial charge in [-0.15, -0.1) is 0 Å². The van der Waals surface area contributed by atoms with E-state index in [1.54, 1.807) is 5.48 Å². The van der Waals surface area contributed by atoms with Gasteiger partial charge in [0, 0.05) is 11.6 Å². The molecule has 0 saturated carbocycles. The Bertz CT molecular complexity index is 275. The monoisotopic (exact) mass is 153 g/mol. The lowest BCUT2D eigenvalue weighted by Gasteiger charge is -1.99. The van der Waals surface area contributed by atoms with Crippen molar-refractivity contribution in [2.75, 3.05) is 0 Å². The molecule has 0 atom stereocenters. The van der Waals surface area contributed by atoms with Crippen molar-refractivity contribution in [1.82, 2.24) is 5.48 Å². The first-order valence-corrected chi connectivity index (χ1v) is 2.90. The molecule has 0 aliphatic rings. The Morgan fingerprint density at radius 2 is 2.45 bits per heavy atom. The predicted molar refractivity (Wildman–Crippen MR) is 37.0 cm³/mol. The molecule has 1 aromatic carbocycles. The molecule has 0 heterocycles. The molecule has 3 nitrogen and oxygen atoms in total. The molecule has 1 rings (SSSR count). The summed E-state index contributed by atoms with van der Waals surface area (Å²) in [6, 6.07) is 6.19. The van der Waals surface area contributed by atoms with Crippen LogP contribution in [0.5, 0.6) is 0 Å². The van der Waals surface area contributed by atoms with Gasteiger partial charge in [-0.1, -0.05) is 12.1 Å². The van der Waals surface area contributed by atoms with Crippen molar-refractivity contribution in [2.24, 2.45) is 0 Å². The molecular formula is C7H6FN2O. The Labute approximate surface area is 62.9 Å². The minimum atomic E-state index is -0.553. The third-order valence-electron chi connectivity index (χ3n) is 1.17. The highest BCUT2D eigenvalue weighted by Gasteiger charge is 1.99. The van der Waals surface area contributed by atoms with Gasteiger partial charge >= 0.3 is 0 Å². The SMILES string of the molecule is N=C(NO)c1cc[c]c(F)c1. The van der Waals surface area contributed by atoms with E-state index >= 15 is 0 Å². The van der Waals surface area contributed by atoms with Crippen molar-refractivity contribution in [3.63, 3.8) is 0 Å². The van der Waals surface area contributed by atoms with Gasteiger partial charge in [-0.05, 0) is 6.07 Å². The zero-order valence-electron chi connectivity index (χ0n) is 5.56. The number of amidine groups is 1. The second-order valence-electron chi connectivity index (χ2n) is 1.91. The highest BCUT2D eigenvalue weighted by molar-refractivity contribution is 5.95. The number of benzene rings is 1. The maximum absolute atomic E-state index is 12.4. The van der Waals surface area contributed by atoms with Gasteiger partial charge in [0.15, 0.2) is 0 Å². The summed E-state index contributed by atoms with van der Waals surface area (Å²) in [7, 11) is 0. The molecule has 0 unspecified atom stereocenters. The average Bonchev–Trinajstić information content (AvgIpc) is 2.03. The predicted octanol–water partition coefficient (Wildman–Crippen LogP) is 0.930. The van der Waals surface area contributed by atoms with Gasteiger partial charge in [-0.25, -0.2) is 4.39 Å². The van der Waals surface area contributed by atoms with Crippen LogP contribution in [0.2, 0.25) is 0 Å². The van der Waals surface area contributed by atoms with E-state index < -0.39 is 5.82 Å². The third-order valence-corrected chi connectivity index (χ3v) is 1.17. The standard InChI is InChI=1S/C7H6FN2O/c8-6-3-1-2-5(4-6)7(9)10-11/h1-2,4,11H,(H2,9,10). The Morgan fingerprint density at radius 1 is 1.73 bits per heavy atom. The lowest BCUT2D eigenvalue weighted by Crippen LogP contribution is -2.18. The lowest BCUT2D eigenvalue weighted by molar-refractivity contribution is 0.234. The molecule has 57 valence electrons. The summed E-state index contributed by atoms with van der Waals surface area (Å²) in [4.78, 5) is 0. The summed E-state index contributed by atoms with van der Waals surface area (Å²) in [6.45, 7) is 0. The van der Waals surface area contributed by atoms with Crippen molar-refractivity contribution < 1.29 is 9.60 Å². The second kappa shape index (κ2) is 3.12. The molecule has 1 radical (unpaired) electrons. The van der Waals surface area contributed by atoms with Crippen LogP contribution in [0, 0.1) is 17.3 Å². The van der Waals surface area contributed by atoms with Gasteiger partial charge in [0.2, 0.25) is 0 Å². The van der Waals surface area contributed by atoms with Crippen LogP contribution in [0.3, 0.4) is 0 Å². The van der Waals surface area contributed by atoms with Gasteiger partial charge in [0.05, 0.1) is 0 Å². The Hall–Kier alpha value is -1.42. The summed E-state index contributed by atoms with van der Waals surface area (Å²) < 4.78 is 12.4. The minimum Gasteiger partial charge on any atom is -0.290 e. The van der Waals surface area contributed by atoms with Crippen LogP contribution in [0.4, 0.5) is 4.39 Å². The van der Waals surface area contributed by atoms with E-state index in [1.807, 2.05) is 0 Å². The normalized spacial score (nSPS) is 9.27. The molecule has 4 heteroatoms. The maximum Gasteiger partial charge on any atom is 0.149 e. The third kappa shape index (κ3) is 1.75. The molecule has 11 heavy (non-hydrogen) atoms. The van der Waals surface area contributed by atoms with Crippen molar-refractivity contribution in [3.05, 3.63) is 35.6 Å². The molecular weight excluding hydrogens is 147 g/mol. The van der Waals surface area contributed by atoms with E-state index in [0.717, 1.165) is 6.07 Å². The number of rotatable bonds is 1. The van der Waals surface area contributed by atoms with Crippen LogP contribution >= 0.6 is 0 Å². The molecule has 0 aliphatic carbocycles. The van der Waals surface area contributed by atoms with Gasteiger partial charge in [0.1, 0.15) is 11.7 Å². The highest BCUT2D eigenvalue weighted by Crippen LogP contribution is 2.01. The summed E-state index contributed by atoms with van der Waals surface area (Å²) in [6.07, 6.45) is 0. The maximum atomic E-state index is 12.4. The zero-order chi connectivity index (χ0) is 8.27. The van der Waals surface area contributed by atoms with E-state index in [-0.39, 0.29) is 11.4 Å². The van der Waals surface area contributed by atoms with Crippen LogP contribution in [-0.4, -0.2) is 11.0 Å². The smallest absolute Gasteiger partial charge is 0.149 e. The van der Waals surface area contributed by atoms with Crippen LogP contribution in [0.15, 0.2) is 18.2 Å². The van der Waals surface area contributed by atoms with E-state index in [9.17, 15) is 4.39 Å². The molecule has 0 fully saturated rings. The fourth-order valence-electron chi connectivity index (χ4n) is 0.657. The van der Waals surface area contributed by atoms with E-state index in [4.69, 9.17) is 10.6 Å². The largest absolute Gasteiger partial charge is 0.290 e. The van der Waals surface area contributed by atoms with Crippen molar-refractivity contribution in [1.29, 1.82) is 5.41 Å². The Kier molecular flexibility index (Phi) is 2.18.